The molecule has 6 nitrogen and oxygen atoms in total. The molecule has 2 N–H and O–H groups in total. The van der Waals surface area contributed by atoms with Gasteiger partial charge in [-0.05, 0) is 38.0 Å². The Bertz CT molecular complexity index is 321. The summed E-state index contributed by atoms with van der Waals surface area (Å²) < 4.78 is 10.2. The number of carboxylic acid groups (broad SMARTS) is 1. The number of amides is 1. The quantitative estimate of drug-likeness (QED) is 0.780. The van der Waals surface area contributed by atoms with Crippen molar-refractivity contribution in [2.45, 2.75) is 45.1 Å². The first-order valence-electron chi connectivity index (χ1n) is 7.24. The molecule has 0 aliphatic carbocycles. The summed E-state index contributed by atoms with van der Waals surface area (Å²) >= 11 is 0. The summed E-state index contributed by atoms with van der Waals surface area (Å²) in [6.07, 6.45) is 3.67. The molecule has 0 aromatic heterocycles. The van der Waals surface area contributed by atoms with Gasteiger partial charge >= 0.3 is 12.1 Å². The van der Waals surface area contributed by atoms with Gasteiger partial charge in [0.1, 0.15) is 0 Å². The maximum Gasteiger partial charge on any atom is 0.406 e. The maximum absolute atomic E-state index is 11.4. The van der Waals surface area contributed by atoms with Gasteiger partial charge in [-0.15, -0.1) is 0 Å². The zero-order chi connectivity index (χ0) is 15.0. The fourth-order valence-electron chi connectivity index (χ4n) is 2.70. The molecule has 1 fully saturated rings. The summed E-state index contributed by atoms with van der Waals surface area (Å²) in [5, 5.41) is 11.9. The molecular formula is C14H25NO5. The molecule has 1 rings (SSSR count). The lowest BCUT2D eigenvalue weighted by atomic mass is 9.83. The second-order valence-corrected chi connectivity index (χ2v) is 5.18. The van der Waals surface area contributed by atoms with Gasteiger partial charge in [0.15, 0.2) is 0 Å². The first-order valence-corrected chi connectivity index (χ1v) is 7.24. The van der Waals surface area contributed by atoms with E-state index >= 15 is 0 Å². The van der Waals surface area contributed by atoms with Crippen LogP contribution in [0.5, 0.6) is 0 Å². The van der Waals surface area contributed by atoms with Crippen molar-refractivity contribution in [3.63, 3.8) is 0 Å². The number of aliphatic carboxylic acids is 1. The van der Waals surface area contributed by atoms with Crippen LogP contribution < -0.4 is 5.32 Å². The van der Waals surface area contributed by atoms with Crippen molar-refractivity contribution in [2.75, 3.05) is 20.3 Å². The third-order valence-corrected chi connectivity index (χ3v) is 3.95. The average Bonchev–Trinajstić information content (AvgIpc) is 2.68. The Hall–Kier alpha value is -1.30. The monoisotopic (exact) mass is 287 g/mol. The second kappa shape index (κ2) is 8.79. The molecule has 1 amide bonds. The molecule has 6 heteroatoms. The van der Waals surface area contributed by atoms with Crippen LogP contribution >= 0.6 is 0 Å². The molecular weight excluding hydrogens is 262 g/mol. The van der Waals surface area contributed by atoms with E-state index in [0.29, 0.717) is 19.6 Å². The van der Waals surface area contributed by atoms with Crippen molar-refractivity contribution in [2.24, 2.45) is 11.8 Å². The highest BCUT2D eigenvalue weighted by molar-refractivity contribution is 5.70. The minimum Gasteiger partial charge on any atom is -0.481 e. The molecule has 3 unspecified atom stereocenters. The third kappa shape index (κ3) is 5.36. The average molecular weight is 287 g/mol. The number of nitrogens with one attached hydrogen (secondary N) is 1. The predicted octanol–water partition coefficient (Wildman–Crippen LogP) is 2.03. The van der Waals surface area contributed by atoms with E-state index in [1.807, 2.05) is 0 Å². The lowest BCUT2D eigenvalue weighted by Crippen LogP contribution is -2.31. The number of ether oxygens (including phenoxy) is 2. The molecule has 1 aliphatic rings. The van der Waals surface area contributed by atoms with Gasteiger partial charge in [-0.3, -0.25) is 4.79 Å². The highest BCUT2D eigenvalue weighted by Crippen LogP contribution is 2.29. The van der Waals surface area contributed by atoms with Gasteiger partial charge in [-0.25, -0.2) is 4.79 Å². The van der Waals surface area contributed by atoms with Crippen LogP contribution in [0.3, 0.4) is 0 Å². The fourth-order valence-corrected chi connectivity index (χ4v) is 2.70. The van der Waals surface area contributed by atoms with Gasteiger partial charge in [-0.1, -0.05) is 6.92 Å². The number of hydrogen-bond donors (Lipinski definition) is 2. The van der Waals surface area contributed by atoms with Crippen LogP contribution in [0.2, 0.25) is 0 Å². The molecule has 0 radical (unpaired) electrons. The van der Waals surface area contributed by atoms with Crippen LogP contribution in [0.15, 0.2) is 0 Å². The maximum atomic E-state index is 11.4. The van der Waals surface area contributed by atoms with Gasteiger partial charge < -0.3 is 19.9 Å². The Balaban J connectivity index is 2.48. The van der Waals surface area contributed by atoms with Crippen molar-refractivity contribution in [1.82, 2.24) is 5.32 Å². The summed E-state index contributed by atoms with van der Waals surface area (Å²) in [6.45, 7) is 3.02. The van der Waals surface area contributed by atoms with Crippen molar-refractivity contribution >= 4 is 12.1 Å². The summed E-state index contributed by atoms with van der Waals surface area (Å²) in [6, 6.07) is 0. The van der Waals surface area contributed by atoms with Crippen LogP contribution in [-0.2, 0) is 14.3 Å². The molecule has 116 valence electrons. The van der Waals surface area contributed by atoms with Crippen LogP contribution in [0.4, 0.5) is 4.79 Å². The topological polar surface area (TPSA) is 84.9 Å². The lowest BCUT2D eigenvalue weighted by Gasteiger charge is -2.22. The molecule has 0 saturated carbocycles. The second-order valence-electron chi connectivity index (χ2n) is 5.18. The summed E-state index contributed by atoms with van der Waals surface area (Å²) in [5.74, 6) is -1.12. The van der Waals surface area contributed by atoms with Crippen molar-refractivity contribution < 1.29 is 24.2 Å². The molecule has 1 heterocycles. The Morgan fingerprint density at radius 3 is 2.75 bits per heavy atom. The van der Waals surface area contributed by atoms with Gasteiger partial charge in [0.2, 0.25) is 0 Å². The number of carbonyl (C=O) groups is 2. The highest BCUT2D eigenvalue weighted by Gasteiger charge is 2.30. The van der Waals surface area contributed by atoms with E-state index < -0.39 is 18.0 Å². The SMILES string of the molecule is CCC1CCC(C(CCNC(=O)OC)C(=O)O)CCO1. The molecule has 0 spiro atoms. The molecule has 1 saturated heterocycles. The largest absolute Gasteiger partial charge is 0.481 e. The van der Waals surface area contributed by atoms with Crippen LogP contribution in [0.25, 0.3) is 0 Å². The normalized spacial score (nSPS) is 24.5. The van der Waals surface area contributed by atoms with E-state index in [9.17, 15) is 14.7 Å². The number of rotatable bonds is 6. The number of hydrogen-bond acceptors (Lipinski definition) is 4. The zero-order valence-corrected chi connectivity index (χ0v) is 12.3. The van der Waals surface area contributed by atoms with Gasteiger partial charge in [0.05, 0.1) is 19.1 Å². The van der Waals surface area contributed by atoms with Crippen molar-refractivity contribution in [3.05, 3.63) is 0 Å². The first kappa shape index (κ1) is 16.8. The van der Waals surface area contributed by atoms with Crippen molar-refractivity contribution in [3.8, 4) is 0 Å². The van der Waals surface area contributed by atoms with E-state index in [1.165, 1.54) is 7.11 Å². The fraction of sp³-hybridized carbons (Fsp3) is 0.857. The van der Waals surface area contributed by atoms with Gasteiger partial charge in [0.25, 0.3) is 0 Å². The Labute approximate surface area is 119 Å². The zero-order valence-electron chi connectivity index (χ0n) is 12.3. The Morgan fingerprint density at radius 2 is 2.15 bits per heavy atom. The van der Waals surface area contributed by atoms with E-state index in [2.05, 4.69) is 17.0 Å². The number of methoxy groups -OCH3 is 1. The lowest BCUT2D eigenvalue weighted by molar-refractivity contribution is -0.144. The van der Waals surface area contributed by atoms with E-state index in [0.717, 1.165) is 25.7 Å². The molecule has 20 heavy (non-hydrogen) atoms. The molecule has 0 bridgehead atoms. The highest BCUT2D eigenvalue weighted by atomic mass is 16.5. The van der Waals surface area contributed by atoms with Crippen molar-refractivity contribution in [1.29, 1.82) is 0 Å². The Morgan fingerprint density at radius 1 is 1.40 bits per heavy atom. The van der Waals surface area contributed by atoms with E-state index in [-0.39, 0.29) is 12.0 Å². The number of alkyl carbamates (subject to hydrolysis) is 1. The molecule has 3 atom stereocenters. The summed E-state index contributed by atoms with van der Waals surface area (Å²) in [4.78, 5) is 22.4. The number of carboxylic acids is 1. The van der Waals surface area contributed by atoms with Crippen LogP contribution in [-0.4, -0.2) is 43.5 Å². The van der Waals surface area contributed by atoms with Gasteiger partial charge in [0, 0.05) is 13.2 Å². The molecule has 0 aromatic carbocycles. The summed E-state index contributed by atoms with van der Waals surface area (Å²) in [5.41, 5.74) is 0. The summed E-state index contributed by atoms with van der Waals surface area (Å²) in [7, 11) is 1.29. The van der Waals surface area contributed by atoms with E-state index in [1.54, 1.807) is 0 Å². The molecule has 1 aliphatic heterocycles. The van der Waals surface area contributed by atoms with Gasteiger partial charge in [-0.2, -0.15) is 0 Å². The molecule has 0 aromatic rings. The van der Waals surface area contributed by atoms with Crippen LogP contribution in [0.1, 0.15) is 39.0 Å². The minimum absolute atomic E-state index is 0.114. The van der Waals surface area contributed by atoms with E-state index in [4.69, 9.17) is 4.74 Å². The Kier molecular flexibility index (Phi) is 7.36. The minimum atomic E-state index is -0.795. The standard InChI is InChI=1S/C14H25NO5/c1-3-11-5-4-10(7-9-20-11)12(13(16)17)6-8-15-14(18)19-2/h10-12H,3-9H2,1-2H3,(H,15,18)(H,16,17). The predicted molar refractivity (Wildman–Crippen MR) is 73.5 cm³/mol. The first-order chi connectivity index (χ1) is 9.58. The third-order valence-electron chi connectivity index (χ3n) is 3.95. The number of carbonyl (C=O) groups excluding carboxylic acids is 1. The van der Waals surface area contributed by atoms with Crippen LogP contribution in [0, 0.1) is 11.8 Å². The smallest absolute Gasteiger partial charge is 0.406 e.